The molecule has 1 aromatic carbocycles. The molecule has 0 radical (unpaired) electrons. The zero-order chi connectivity index (χ0) is 14.8. The summed E-state index contributed by atoms with van der Waals surface area (Å²) in [6, 6.07) is 7.32. The van der Waals surface area contributed by atoms with Gasteiger partial charge in [-0.25, -0.2) is 8.42 Å². The molecule has 120 valence electrons. The van der Waals surface area contributed by atoms with Crippen LogP contribution < -0.4 is 5.73 Å². The van der Waals surface area contributed by atoms with Crippen LogP contribution in [-0.4, -0.2) is 31.9 Å². The molecule has 4 nitrogen and oxygen atoms in total. The van der Waals surface area contributed by atoms with E-state index in [0.717, 1.165) is 24.8 Å². The number of piperidine rings is 1. The van der Waals surface area contributed by atoms with Gasteiger partial charge in [0.1, 0.15) is 0 Å². The van der Waals surface area contributed by atoms with E-state index in [9.17, 15) is 8.42 Å². The third-order valence-electron chi connectivity index (χ3n) is 4.14. The van der Waals surface area contributed by atoms with Gasteiger partial charge in [-0.2, -0.15) is 4.31 Å². The molecule has 0 saturated carbocycles. The van der Waals surface area contributed by atoms with Gasteiger partial charge < -0.3 is 5.73 Å². The molecule has 0 amide bonds. The van der Waals surface area contributed by atoms with Crippen LogP contribution in [0.5, 0.6) is 0 Å². The third kappa shape index (κ3) is 3.97. The summed E-state index contributed by atoms with van der Waals surface area (Å²) in [5.41, 5.74) is 6.83. The number of benzene rings is 1. The van der Waals surface area contributed by atoms with Crippen LogP contribution in [0, 0.1) is 5.92 Å². The van der Waals surface area contributed by atoms with Crippen LogP contribution in [0.3, 0.4) is 0 Å². The maximum Gasteiger partial charge on any atom is 0.243 e. The molecule has 6 heteroatoms. The van der Waals surface area contributed by atoms with Gasteiger partial charge in [0.25, 0.3) is 0 Å². The standard InChI is InChI=1S/C15H24N2O2S.ClH/c1-3-13-7-4-5-9-15(13)20(18,19)17-10-6-8-14(11-17)12(2)16;/h4-5,7,9,12,14H,3,6,8,10-11,16H2,1-2H3;1H. The number of sulfonamides is 1. The third-order valence-corrected chi connectivity index (χ3v) is 6.10. The Kier molecular flexibility index (Phi) is 6.66. The molecule has 1 aliphatic rings. The van der Waals surface area contributed by atoms with E-state index in [-0.39, 0.29) is 24.4 Å². The normalized spacial score (nSPS) is 21.6. The summed E-state index contributed by atoms with van der Waals surface area (Å²) in [5, 5.41) is 0. The number of halogens is 1. The molecule has 2 N–H and O–H groups in total. The van der Waals surface area contributed by atoms with Gasteiger partial charge in [-0.1, -0.05) is 25.1 Å². The fourth-order valence-electron chi connectivity index (χ4n) is 2.81. The molecule has 2 rings (SSSR count). The molecule has 1 saturated heterocycles. The highest BCUT2D eigenvalue weighted by Gasteiger charge is 2.32. The van der Waals surface area contributed by atoms with Gasteiger partial charge in [-0.05, 0) is 43.7 Å². The van der Waals surface area contributed by atoms with Crippen molar-refractivity contribution in [3.63, 3.8) is 0 Å². The minimum absolute atomic E-state index is 0. The number of hydrogen-bond donors (Lipinski definition) is 1. The Morgan fingerprint density at radius 3 is 2.67 bits per heavy atom. The first kappa shape index (κ1) is 18.4. The van der Waals surface area contributed by atoms with Crippen LogP contribution in [0.25, 0.3) is 0 Å². The van der Waals surface area contributed by atoms with Crippen molar-refractivity contribution in [3.05, 3.63) is 29.8 Å². The molecular formula is C15H25ClN2O2S. The second kappa shape index (κ2) is 7.58. The van der Waals surface area contributed by atoms with Crippen LogP contribution in [0.15, 0.2) is 29.2 Å². The summed E-state index contributed by atoms with van der Waals surface area (Å²) in [4.78, 5) is 0.452. The van der Waals surface area contributed by atoms with Gasteiger partial charge in [-0.3, -0.25) is 0 Å². The number of hydrogen-bond acceptors (Lipinski definition) is 3. The van der Waals surface area contributed by atoms with Gasteiger partial charge in [0.05, 0.1) is 4.90 Å². The number of nitrogens with zero attached hydrogens (tertiary/aromatic N) is 1. The highest BCUT2D eigenvalue weighted by molar-refractivity contribution is 7.89. The summed E-state index contributed by atoms with van der Waals surface area (Å²) >= 11 is 0. The Morgan fingerprint density at radius 2 is 2.05 bits per heavy atom. The number of rotatable bonds is 4. The van der Waals surface area contributed by atoms with Crippen LogP contribution >= 0.6 is 12.4 Å². The van der Waals surface area contributed by atoms with Crippen LogP contribution in [0.4, 0.5) is 0 Å². The Labute approximate surface area is 134 Å². The lowest BCUT2D eigenvalue weighted by atomic mass is 9.93. The lowest BCUT2D eigenvalue weighted by Gasteiger charge is -2.34. The van der Waals surface area contributed by atoms with Gasteiger partial charge >= 0.3 is 0 Å². The van der Waals surface area contributed by atoms with Crippen LogP contribution in [0.1, 0.15) is 32.3 Å². The number of nitrogens with two attached hydrogens (primary N) is 1. The van der Waals surface area contributed by atoms with E-state index in [1.807, 2.05) is 26.0 Å². The van der Waals surface area contributed by atoms with E-state index in [0.29, 0.717) is 18.0 Å². The van der Waals surface area contributed by atoms with E-state index >= 15 is 0 Å². The van der Waals surface area contributed by atoms with Gasteiger partial charge in [0, 0.05) is 19.1 Å². The van der Waals surface area contributed by atoms with Crippen LogP contribution in [-0.2, 0) is 16.4 Å². The van der Waals surface area contributed by atoms with E-state index in [1.165, 1.54) is 0 Å². The quantitative estimate of drug-likeness (QED) is 0.921. The van der Waals surface area contributed by atoms with Crippen LogP contribution in [0.2, 0.25) is 0 Å². The molecule has 0 aromatic heterocycles. The SMILES string of the molecule is CCc1ccccc1S(=O)(=O)N1CCCC(C(C)N)C1.Cl. The maximum atomic E-state index is 12.8. The van der Waals surface area contributed by atoms with Crippen molar-refractivity contribution in [3.8, 4) is 0 Å². The predicted molar refractivity (Wildman–Crippen MR) is 88.2 cm³/mol. The second-order valence-corrected chi connectivity index (χ2v) is 7.49. The van der Waals surface area contributed by atoms with Crippen molar-refractivity contribution < 1.29 is 8.42 Å². The first-order valence-electron chi connectivity index (χ1n) is 7.30. The van der Waals surface area contributed by atoms with Crippen molar-refractivity contribution in [2.24, 2.45) is 11.7 Å². The fraction of sp³-hybridized carbons (Fsp3) is 0.600. The van der Waals surface area contributed by atoms with Crippen molar-refractivity contribution in [2.75, 3.05) is 13.1 Å². The second-order valence-electron chi connectivity index (χ2n) is 5.59. The summed E-state index contributed by atoms with van der Waals surface area (Å²) in [5.74, 6) is 0.257. The Bertz CT molecular complexity index is 561. The Hall–Kier alpha value is -0.620. The smallest absolute Gasteiger partial charge is 0.243 e. The molecule has 0 aliphatic carbocycles. The molecule has 2 atom stereocenters. The fourth-order valence-corrected chi connectivity index (χ4v) is 4.64. The first-order valence-corrected chi connectivity index (χ1v) is 8.74. The highest BCUT2D eigenvalue weighted by Crippen LogP contribution is 2.26. The monoisotopic (exact) mass is 332 g/mol. The molecule has 0 bridgehead atoms. The van der Waals surface area contributed by atoms with E-state index in [1.54, 1.807) is 16.4 Å². The molecule has 0 spiro atoms. The lowest BCUT2D eigenvalue weighted by molar-refractivity contribution is 0.243. The molecule has 21 heavy (non-hydrogen) atoms. The molecular weight excluding hydrogens is 308 g/mol. The highest BCUT2D eigenvalue weighted by atomic mass is 35.5. The summed E-state index contributed by atoms with van der Waals surface area (Å²) in [6.45, 7) is 5.08. The molecule has 1 heterocycles. The maximum absolute atomic E-state index is 12.8. The average Bonchev–Trinajstić information content (AvgIpc) is 2.47. The lowest BCUT2D eigenvalue weighted by Crippen LogP contribution is -2.45. The topological polar surface area (TPSA) is 63.4 Å². The van der Waals surface area contributed by atoms with Gasteiger partial charge in [-0.15, -0.1) is 12.4 Å². The zero-order valence-corrected chi connectivity index (χ0v) is 14.3. The Balaban J connectivity index is 0.00000220. The number of aryl methyl sites for hydroxylation is 1. The molecule has 1 aliphatic heterocycles. The van der Waals surface area contributed by atoms with Crippen molar-refractivity contribution in [1.82, 2.24) is 4.31 Å². The minimum atomic E-state index is -3.39. The Morgan fingerprint density at radius 1 is 1.38 bits per heavy atom. The summed E-state index contributed by atoms with van der Waals surface area (Å²) < 4.78 is 27.3. The van der Waals surface area contributed by atoms with E-state index in [2.05, 4.69) is 0 Å². The average molecular weight is 333 g/mol. The molecule has 1 fully saturated rings. The van der Waals surface area contributed by atoms with Gasteiger partial charge in [0.15, 0.2) is 0 Å². The summed E-state index contributed by atoms with van der Waals surface area (Å²) in [7, 11) is -3.39. The van der Waals surface area contributed by atoms with Crippen molar-refractivity contribution >= 4 is 22.4 Å². The van der Waals surface area contributed by atoms with Gasteiger partial charge in [0.2, 0.25) is 10.0 Å². The van der Waals surface area contributed by atoms with Crippen molar-refractivity contribution in [2.45, 2.75) is 44.0 Å². The van der Waals surface area contributed by atoms with Crippen molar-refractivity contribution in [1.29, 1.82) is 0 Å². The molecule has 1 aromatic rings. The minimum Gasteiger partial charge on any atom is -0.328 e. The zero-order valence-electron chi connectivity index (χ0n) is 12.7. The summed E-state index contributed by atoms with van der Waals surface area (Å²) in [6.07, 6.45) is 2.62. The molecule has 2 unspecified atom stereocenters. The predicted octanol–water partition coefficient (Wildman–Crippen LogP) is 2.42. The van der Waals surface area contributed by atoms with E-state index < -0.39 is 10.0 Å². The largest absolute Gasteiger partial charge is 0.328 e. The van der Waals surface area contributed by atoms with E-state index in [4.69, 9.17) is 5.73 Å². The first-order chi connectivity index (χ1) is 9.46.